The van der Waals surface area contributed by atoms with Crippen LogP contribution in [-0.4, -0.2) is 43.2 Å². The Bertz CT molecular complexity index is 626. The van der Waals surface area contributed by atoms with Gasteiger partial charge in [0.05, 0.1) is 13.2 Å². The lowest BCUT2D eigenvalue weighted by molar-refractivity contribution is -0.178. The van der Waals surface area contributed by atoms with E-state index < -0.39 is 11.0 Å². The van der Waals surface area contributed by atoms with E-state index in [4.69, 9.17) is 15.2 Å². The van der Waals surface area contributed by atoms with Gasteiger partial charge in [-0.15, -0.1) is 12.4 Å². The van der Waals surface area contributed by atoms with E-state index in [-0.39, 0.29) is 24.4 Å². The number of halogens is 2. The smallest absolute Gasteiger partial charge is 0.243 e. The summed E-state index contributed by atoms with van der Waals surface area (Å²) in [7, 11) is 3.40. The van der Waals surface area contributed by atoms with Gasteiger partial charge in [-0.1, -0.05) is 29.8 Å². The first-order chi connectivity index (χ1) is 11.2. The number of nitrogens with two attached hydrogens (primary N) is 1. The van der Waals surface area contributed by atoms with Crippen LogP contribution in [0.2, 0.25) is 0 Å². The normalized spacial score (nSPS) is 24.0. The van der Waals surface area contributed by atoms with Gasteiger partial charge in [-0.2, -0.15) is 0 Å². The first-order valence-corrected chi connectivity index (χ1v) is 8.95. The van der Waals surface area contributed by atoms with Crippen LogP contribution in [0.4, 0.5) is 0 Å². The molecule has 1 amide bonds. The van der Waals surface area contributed by atoms with Crippen molar-refractivity contribution in [3.05, 3.63) is 28.2 Å². The van der Waals surface area contributed by atoms with Gasteiger partial charge in [-0.3, -0.25) is 4.79 Å². The lowest BCUT2D eigenvalue weighted by Gasteiger charge is -2.58. The number of amides is 1. The molecular weight excluding hydrogens is 408 g/mol. The Morgan fingerprint density at radius 1 is 1.44 bits per heavy atom. The summed E-state index contributed by atoms with van der Waals surface area (Å²) in [6, 6.07) is 5.76. The Balaban J connectivity index is 0.00000312. The lowest BCUT2D eigenvalue weighted by Crippen LogP contribution is -2.75. The molecule has 1 aromatic carbocycles. The van der Waals surface area contributed by atoms with Crippen molar-refractivity contribution in [1.29, 1.82) is 0 Å². The summed E-state index contributed by atoms with van der Waals surface area (Å²) in [6.45, 7) is 7.03. The molecule has 0 aliphatic heterocycles. The third-order valence-electron chi connectivity index (χ3n) is 5.21. The summed E-state index contributed by atoms with van der Waals surface area (Å²) in [5.41, 5.74) is 6.13. The summed E-state index contributed by atoms with van der Waals surface area (Å²) in [4.78, 5) is 14.7. The quantitative estimate of drug-likeness (QED) is 0.744. The summed E-state index contributed by atoms with van der Waals surface area (Å²) in [5, 5.41) is 0. The summed E-state index contributed by atoms with van der Waals surface area (Å²) < 4.78 is 12.0. The standard InChI is InChI=1S/C18H27BrN2O3.ClH/c1-6-24-15-10-18(20,17(15,2)3)16(22)21(4)11-12-9-13(19)7-8-14(12)23-5;/h7-9,15H,6,10-11,20H2,1-5H3;1H. The largest absolute Gasteiger partial charge is 0.496 e. The van der Waals surface area contributed by atoms with Crippen LogP contribution in [0.1, 0.15) is 32.8 Å². The van der Waals surface area contributed by atoms with E-state index in [0.717, 1.165) is 15.8 Å². The molecule has 25 heavy (non-hydrogen) atoms. The zero-order chi connectivity index (χ0) is 18.1. The third kappa shape index (κ3) is 3.97. The second-order valence-electron chi connectivity index (χ2n) is 6.96. The van der Waals surface area contributed by atoms with Crippen LogP contribution in [0.15, 0.2) is 22.7 Å². The first-order valence-electron chi connectivity index (χ1n) is 8.15. The molecular formula is C18H28BrClN2O3. The van der Waals surface area contributed by atoms with E-state index in [0.29, 0.717) is 19.6 Å². The Labute approximate surface area is 164 Å². The van der Waals surface area contributed by atoms with Crippen LogP contribution in [0.25, 0.3) is 0 Å². The van der Waals surface area contributed by atoms with Crippen LogP contribution in [0.3, 0.4) is 0 Å². The van der Waals surface area contributed by atoms with Crippen molar-refractivity contribution >= 4 is 34.2 Å². The molecule has 0 heterocycles. The zero-order valence-corrected chi connectivity index (χ0v) is 17.9. The van der Waals surface area contributed by atoms with Crippen molar-refractivity contribution in [2.24, 2.45) is 11.1 Å². The van der Waals surface area contributed by atoms with E-state index >= 15 is 0 Å². The molecule has 0 saturated heterocycles. The predicted octanol–water partition coefficient (Wildman–Crippen LogP) is 3.37. The van der Waals surface area contributed by atoms with Gasteiger partial charge in [-0.05, 0) is 25.1 Å². The van der Waals surface area contributed by atoms with Crippen molar-refractivity contribution in [3.8, 4) is 5.75 Å². The maximum absolute atomic E-state index is 13.0. The molecule has 2 rings (SSSR count). The third-order valence-corrected chi connectivity index (χ3v) is 5.70. The molecule has 5 nitrogen and oxygen atoms in total. The monoisotopic (exact) mass is 434 g/mol. The SMILES string of the molecule is CCOC1CC(N)(C(=O)N(C)Cc2cc(Br)ccc2OC)C1(C)C.Cl. The highest BCUT2D eigenvalue weighted by Gasteiger charge is 2.63. The number of nitrogens with zero attached hydrogens (tertiary/aromatic N) is 1. The Morgan fingerprint density at radius 3 is 2.60 bits per heavy atom. The highest BCUT2D eigenvalue weighted by atomic mass is 79.9. The first kappa shape index (κ1) is 22.2. The minimum absolute atomic E-state index is 0. The van der Waals surface area contributed by atoms with Crippen LogP contribution in [0, 0.1) is 5.41 Å². The molecule has 1 saturated carbocycles. The van der Waals surface area contributed by atoms with Gasteiger partial charge < -0.3 is 20.1 Å². The molecule has 2 N–H and O–H groups in total. The van der Waals surface area contributed by atoms with Crippen molar-refractivity contribution in [2.75, 3.05) is 20.8 Å². The second-order valence-corrected chi connectivity index (χ2v) is 7.87. The van der Waals surface area contributed by atoms with Crippen LogP contribution >= 0.6 is 28.3 Å². The van der Waals surface area contributed by atoms with Gasteiger partial charge in [0.15, 0.2) is 0 Å². The molecule has 0 aromatic heterocycles. The Kier molecular flexibility index (Phi) is 7.33. The van der Waals surface area contributed by atoms with Gasteiger partial charge in [0.25, 0.3) is 0 Å². The van der Waals surface area contributed by atoms with Crippen LogP contribution in [0.5, 0.6) is 5.75 Å². The molecule has 0 radical (unpaired) electrons. The highest BCUT2D eigenvalue weighted by Crippen LogP contribution is 2.50. The molecule has 1 aliphatic rings. The highest BCUT2D eigenvalue weighted by molar-refractivity contribution is 9.10. The van der Waals surface area contributed by atoms with Gasteiger partial charge in [0.1, 0.15) is 11.3 Å². The van der Waals surface area contributed by atoms with E-state index in [1.165, 1.54) is 0 Å². The maximum Gasteiger partial charge on any atom is 0.243 e. The van der Waals surface area contributed by atoms with Gasteiger partial charge in [-0.25, -0.2) is 0 Å². The van der Waals surface area contributed by atoms with Crippen molar-refractivity contribution < 1.29 is 14.3 Å². The average Bonchev–Trinajstić information content (AvgIpc) is 2.53. The van der Waals surface area contributed by atoms with E-state index in [9.17, 15) is 4.79 Å². The molecule has 0 spiro atoms. The lowest BCUT2D eigenvalue weighted by atomic mass is 9.54. The molecule has 1 aliphatic carbocycles. The number of benzene rings is 1. The van der Waals surface area contributed by atoms with E-state index in [1.807, 2.05) is 39.0 Å². The number of ether oxygens (including phenoxy) is 2. The summed E-state index contributed by atoms with van der Waals surface area (Å²) in [6.07, 6.45) is 0.567. The second kappa shape index (κ2) is 8.25. The van der Waals surface area contributed by atoms with E-state index in [2.05, 4.69) is 15.9 Å². The molecule has 2 unspecified atom stereocenters. The predicted molar refractivity (Wildman–Crippen MR) is 105 cm³/mol. The van der Waals surface area contributed by atoms with Crippen molar-refractivity contribution in [3.63, 3.8) is 0 Å². The Hall–Kier alpha value is -0.820. The minimum Gasteiger partial charge on any atom is -0.496 e. The zero-order valence-electron chi connectivity index (χ0n) is 15.5. The molecule has 142 valence electrons. The molecule has 1 fully saturated rings. The average molecular weight is 436 g/mol. The van der Waals surface area contributed by atoms with Gasteiger partial charge in [0.2, 0.25) is 5.91 Å². The molecule has 1 aromatic rings. The topological polar surface area (TPSA) is 64.8 Å². The van der Waals surface area contributed by atoms with Crippen LogP contribution < -0.4 is 10.5 Å². The number of rotatable bonds is 6. The van der Waals surface area contributed by atoms with Crippen molar-refractivity contribution in [1.82, 2.24) is 4.90 Å². The fourth-order valence-corrected chi connectivity index (χ4v) is 3.75. The van der Waals surface area contributed by atoms with Gasteiger partial charge >= 0.3 is 0 Å². The van der Waals surface area contributed by atoms with E-state index in [1.54, 1.807) is 19.1 Å². The molecule has 2 atom stereocenters. The maximum atomic E-state index is 13.0. The summed E-state index contributed by atoms with van der Waals surface area (Å²) >= 11 is 3.46. The van der Waals surface area contributed by atoms with Crippen LogP contribution in [-0.2, 0) is 16.1 Å². The van der Waals surface area contributed by atoms with Crippen molar-refractivity contribution in [2.45, 2.75) is 45.4 Å². The molecule has 7 heteroatoms. The fraction of sp³-hybridized carbons (Fsp3) is 0.611. The number of methoxy groups -OCH3 is 1. The number of carbonyl (C=O) groups is 1. The molecule has 0 bridgehead atoms. The minimum atomic E-state index is -0.902. The Morgan fingerprint density at radius 2 is 2.08 bits per heavy atom. The van der Waals surface area contributed by atoms with Gasteiger partial charge in [0, 0.05) is 42.1 Å². The number of likely N-dealkylation sites (N-methyl/N-ethyl adjacent to an activating group) is 1. The summed E-state index contributed by atoms with van der Waals surface area (Å²) in [5.74, 6) is 0.689. The number of hydrogen-bond acceptors (Lipinski definition) is 4. The number of carbonyl (C=O) groups excluding carboxylic acids is 1. The number of hydrogen-bond donors (Lipinski definition) is 1. The fourth-order valence-electron chi connectivity index (χ4n) is 3.34.